The third-order valence-electron chi connectivity index (χ3n) is 6.63. The molecule has 1 atom stereocenters. The number of fused-ring (bicyclic) bond motifs is 4. The molecule has 0 fully saturated rings. The summed E-state index contributed by atoms with van der Waals surface area (Å²) in [5, 5.41) is 8.17. The van der Waals surface area contributed by atoms with Crippen LogP contribution in [-0.4, -0.2) is 41.2 Å². The Bertz CT molecular complexity index is 1690. The van der Waals surface area contributed by atoms with Crippen LogP contribution in [0.15, 0.2) is 71.4 Å². The van der Waals surface area contributed by atoms with Crippen molar-refractivity contribution < 1.29 is 27.9 Å². The van der Waals surface area contributed by atoms with E-state index in [0.29, 0.717) is 34.6 Å². The second-order valence-corrected chi connectivity index (χ2v) is 10.4. The SMILES string of the molecule is C=N/C(=C\C=C/C)COC(=O)Nc1ccc2c(c1)NC(=O)CC/C=C/C[C@H](NC(=O)c1c(F)cc(C)cc1F)c1nc-2c(Cl)[nH]1. The van der Waals surface area contributed by atoms with E-state index in [1.54, 1.807) is 42.5 Å². The molecule has 1 aliphatic rings. The van der Waals surface area contributed by atoms with Gasteiger partial charge in [-0.25, -0.2) is 18.6 Å². The zero-order chi connectivity index (χ0) is 32.5. The van der Waals surface area contributed by atoms with Crippen LogP contribution in [0.5, 0.6) is 0 Å². The molecule has 45 heavy (non-hydrogen) atoms. The average molecular weight is 637 g/mol. The number of carbonyl (C=O) groups is 3. The van der Waals surface area contributed by atoms with Crippen molar-refractivity contribution >= 4 is 47.6 Å². The van der Waals surface area contributed by atoms with Crippen LogP contribution < -0.4 is 16.0 Å². The molecule has 2 bridgehead atoms. The molecule has 234 valence electrons. The van der Waals surface area contributed by atoms with Gasteiger partial charge in [-0.1, -0.05) is 35.9 Å². The number of hydrogen-bond acceptors (Lipinski definition) is 6. The number of aromatic nitrogens is 2. The van der Waals surface area contributed by atoms with E-state index in [4.69, 9.17) is 16.3 Å². The summed E-state index contributed by atoms with van der Waals surface area (Å²) in [6.45, 7) is 6.70. The third-order valence-corrected chi connectivity index (χ3v) is 6.91. The summed E-state index contributed by atoms with van der Waals surface area (Å²) in [6, 6.07) is 6.00. The number of rotatable bonds is 7. The molecule has 10 nitrogen and oxygen atoms in total. The molecule has 0 saturated carbocycles. The fraction of sp³-hybridized carbons (Fsp3) is 0.219. The normalized spacial score (nSPS) is 16.0. The number of allylic oxidation sites excluding steroid dienone is 4. The number of amides is 3. The molecule has 3 aromatic rings. The number of imidazole rings is 1. The highest BCUT2D eigenvalue weighted by Gasteiger charge is 2.26. The fourth-order valence-corrected chi connectivity index (χ4v) is 4.70. The first-order valence-electron chi connectivity index (χ1n) is 13.9. The van der Waals surface area contributed by atoms with Crippen LogP contribution >= 0.6 is 11.6 Å². The number of aromatic amines is 1. The molecule has 13 heteroatoms. The summed E-state index contributed by atoms with van der Waals surface area (Å²) in [5.41, 5.74) is 1.33. The van der Waals surface area contributed by atoms with Crippen molar-refractivity contribution in [1.82, 2.24) is 15.3 Å². The number of H-pyrrole nitrogens is 1. The Balaban J connectivity index is 1.63. The Hall–Kier alpha value is -5.10. The lowest BCUT2D eigenvalue weighted by Gasteiger charge is -2.16. The number of ether oxygens (including phenoxy) is 1. The highest BCUT2D eigenvalue weighted by Crippen LogP contribution is 2.36. The smallest absolute Gasteiger partial charge is 0.412 e. The summed E-state index contributed by atoms with van der Waals surface area (Å²) in [5.74, 6) is -3.02. The van der Waals surface area contributed by atoms with Gasteiger partial charge in [0.2, 0.25) is 5.91 Å². The van der Waals surface area contributed by atoms with Crippen LogP contribution in [-0.2, 0) is 9.53 Å². The highest BCUT2D eigenvalue weighted by atomic mass is 35.5. The second kappa shape index (κ2) is 15.1. The molecule has 0 unspecified atom stereocenters. The Morgan fingerprint density at radius 1 is 1.22 bits per heavy atom. The van der Waals surface area contributed by atoms with Crippen molar-refractivity contribution in [2.24, 2.45) is 4.99 Å². The third kappa shape index (κ3) is 8.51. The van der Waals surface area contributed by atoms with Crippen LogP contribution in [0.25, 0.3) is 11.3 Å². The lowest BCUT2D eigenvalue weighted by molar-refractivity contribution is -0.116. The Morgan fingerprint density at radius 2 is 1.98 bits per heavy atom. The number of aryl methyl sites for hydroxylation is 1. The van der Waals surface area contributed by atoms with Gasteiger partial charge in [-0.15, -0.1) is 0 Å². The largest absolute Gasteiger partial charge is 0.443 e. The van der Waals surface area contributed by atoms with E-state index in [-0.39, 0.29) is 42.0 Å². The van der Waals surface area contributed by atoms with Crippen LogP contribution in [0.4, 0.5) is 25.0 Å². The highest BCUT2D eigenvalue weighted by molar-refractivity contribution is 6.32. The van der Waals surface area contributed by atoms with Gasteiger partial charge in [0.1, 0.15) is 40.5 Å². The van der Waals surface area contributed by atoms with Gasteiger partial charge in [-0.05, 0) is 75.4 Å². The molecule has 0 aliphatic carbocycles. The predicted molar refractivity (Wildman–Crippen MR) is 169 cm³/mol. The minimum Gasteiger partial charge on any atom is -0.443 e. The van der Waals surface area contributed by atoms with Crippen molar-refractivity contribution in [2.45, 2.75) is 39.2 Å². The molecule has 0 saturated heterocycles. The first-order chi connectivity index (χ1) is 21.6. The molecule has 4 N–H and O–H groups in total. The number of hydrogen-bond donors (Lipinski definition) is 4. The second-order valence-electron chi connectivity index (χ2n) is 10.0. The standard InChI is InChI=1S/C32H31ClF2N6O4/c1-4-5-9-20(36-3)17-45-32(44)37-19-12-13-21-25(16-19)38-26(42)11-8-6-7-10-24(30-40-28(21)29(33)41-30)39-31(43)27-22(34)14-18(2)15-23(27)35/h4-7,9,12-16,24H,3,8,10-11,17H2,1-2H3,(H,37,44)(H,38,42)(H,39,43)(H,40,41)/b5-4-,7-6+,20-9-/t24-/m0/s1. The van der Waals surface area contributed by atoms with Crippen LogP contribution in [0, 0.1) is 18.6 Å². The maximum atomic E-state index is 14.6. The maximum absolute atomic E-state index is 14.6. The molecular weight excluding hydrogens is 606 g/mol. The molecule has 3 amide bonds. The van der Waals surface area contributed by atoms with Crippen LogP contribution in [0.3, 0.4) is 0 Å². The number of aliphatic imine (C=N–C) groups is 1. The van der Waals surface area contributed by atoms with Crippen molar-refractivity contribution in [3.05, 3.63) is 100 Å². The van der Waals surface area contributed by atoms with E-state index < -0.39 is 35.2 Å². The maximum Gasteiger partial charge on any atom is 0.412 e. The van der Waals surface area contributed by atoms with Gasteiger partial charge < -0.3 is 20.4 Å². The van der Waals surface area contributed by atoms with Gasteiger partial charge in [0, 0.05) is 17.7 Å². The van der Waals surface area contributed by atoms with E-state index in [0.717, 1.165) is 12.1 Å². The molecule has 2 heterocycles. The molecule has 0 radical (unpaired) electrons. The van der Waals surface area contributed by atoms with Crippen molar-refractivity contribution in [1.29, 1.82) is 0 Å². The number of nitrogens with one attached hydrogen (secondary N) is 4. The summed E-state index contributed by atoms with van der Waals surface area (Å²) in [6.07, 6.45) is 8.60. The van der Waals surface area contributed by atoms with Crippen LogP contribution in [0.1, 0.15) is 54.0 Å². The summed E-state index contributed by atoms with van der Waals surface area (Å²) in [4.78, 5) is 49.6. The predicted octanol–water partition coefficient (Wildman–Crippen LogP) is 7.18. The Kier molecular flexibility index (Phi) is 11.0. The van der Waals surface area contributed by atoms with Gasteiger partial charge in [0.25, 0.3) is 5.91 Å². The number of anilines is 2. The summed E-state index contributed by atoms with van der Waals surface area (Å²) >= 11 is 6.55. The van der Waals surface area contributed by atoms with Gasteiger partial charge in [-0.2, -0.15) is 0 Å². The molecule has 2 aromatic carbocycles. The zero-order valence-corrected chi connectivity index (χ0v) is 25.3. The Labute approximate surface area is 263 Å². The monoisotopic (exact) mass is 636 g/mol. The van der Waals surface area contributed by atoms with Crippen LogP contribution in [0.2, 0.25) is 5.15 Å². The van der Waals surface area contributed by atoms with Crippen molar-refractivity contribution in [3.63, 3.8) is 0 Å². The van der Waals surface area contributed by atoms with E-state index in [1.165, 1.54) is 13.0 Å². The number of halogens is 3. The minimum absolute atomic E-state index is 0.0889. The fourth-order valence-electron chi connectivity index (χ4n) is 4.46. The van der Waals surface area contributed by atoms with Gasteiger partial charge in [0.05, 0.1) is 17.4 Å². The molecule has 0 spiro atoms. The van der Waals surface area contributed by atoms with E-state index in [9.17, 15) is 23.2 Å². The summed E-state index contributed by atoms with van der Waals surface area (Å²) in [7, 11) is 0. The van der Waals surface area contributed by atoms with E-state index in [1.807, 2.05) is 6.92 Å². The van der Waals surface area contributed by atoms with Gasteiger partial charge in [-0.3, -0.25) is 19.9 Å². The number of benzene rings is 2. The quantitative estimate of drug-likeness (QED) is 0.124. The van der Waals surface area contributed by atoms with Crippen molar-refractivity contribution in [2.75, 3.05) is 17.2 Å². The van der Waals surface area contributed by atoms with Gasteiger partial charge >= 0.3 is 6.09 Å². The molecular formula is C32H31ClF2N6O4. The van der Waals surface area contributed by atoms with Crippen molar-refractivity contribution in [3.8, 4) is 11.3 Å². The van der Waals surface area contributed by atoms with E-state index in [2.05, 4.69) is 37.6 Å². The van der Waals surface area contributed by atoms with Gasteiger partial charge in [0.15, 0.2) is 0 Å². The lowest BCUT2D eigenvalue weighted by atomic mass is 10.1. The number of nitrogens with zero attached hydrogens (tertiary/aromatic N) is 2. The minimum atomic E-state index is -0.988. The topological polar surface area (TPSA) is 138 Å². The number of carbonyl (C=O) groups excluding carboxylic acids is 3. The lowest BCUT2D eigenvalue weighted by Crippen LogP contribution is -2.30. The molecule has 4 rings (SSSR count). The van der Waals surface area contributed by atoms with E-state index >= 15 is 0 Å². The summed E-state index contributed by atoms with van der Waals surface area (Å²) < 4.78 is 34.3. The zero-order valence-electron chi connectivity index (χ0n) is 24.5. The average Bonchev–Trinajstić information content (AvgIpc) is 3.37. The Morgan fingerprint density at radius 3 is 2.69 bits per heavy atom. The molecule has 1 aromatic heterocycles. The first-order valence-corrected chi connectivity index (χ1v) is 14.3. The first kappa shape index (κ1) is 32.8. The molecule has 1 aliphatic heterocycles.